The highest BCUT2D eigenvalue weighted by atomic mass is 16.4. The third-order valence-electron chi connectivity index (χ3n) is 7.04. The molecule has 0 aliphatic carbocycles. The van der Waals surface area contributed by atoms with Crippen LogP contribution in [-0.2, 0) is 14.4 Å². The molecule has 0 bridgehead atoms. The van der Waals surface area contributed by atoms with Crippen LogP contribution in [0, 0.1) is 0 Å². The van der Waals surface area contributed by atoms with Gasteiger partial charge in [-0.3, -0.25) is 4.48 Å². The van der Waals surface area contributed by atoms with E-state index in [4.69, 9.17) is 0 Å². The summed E-state index contributed by atoms with van der Waals surface area (Å²) in [4.78, 5) is 35.3. The highest BCUT2D eigenvalue weighted by Crippen LogP contribution is 2.27. The molecule has 0 aliphatic heterocycles. The van der Waals surface area contributed by atoms with Crippen molar-refractivity contribution in [3.63, 3.8) is 0 Å². The molecule has 33 heavy (non-hydrogen) atoms. The molecular weight excluding hydrogens is 422 g/mol. The van der Waals surface area contributed by atoms with Gasteiger partial charge in [-0.15, -0.1) is 0 Å². The number of nitrogens with zero attached hydrogens (tertiary/aromatic N) is 1. The van der Waals surface area contributed by atoms with E-state index in [9.17, 15) is 29.7 Å². The third kappa shape index (κ3) is 11.2. The maximum absolute atomic E-state index is 11.8. The SMILES string of the molecule is CCCC/C=C/CCCCCCCCCCC[N+](C(C)C(=O)O)(C(C)C(=O)O)C(C)C(=O)O. The van der Waals surface area contributed by atoms with E-state index in [0.717, 1.165) is 25.7 Å². The van der Waals surface area contributed by atoms with Gasteiger partial charge in [0.1, 0.15) is 0 Å². The molecule has 192 valence electrons. The number of carbonyl (C=O) groups is 3. The van der Waals surface area contributed by atoms with E-state index in [-0.39, 0.29) is 6.54 Å². The lowest BCUT2D eigenvalue weighted by molar-refractivity contribution is -0.968. The molecule has 7 nitrogen and oxygen atoms in total. The Morgan fingerprint density at radius 1 is 0.606 bits per heavy atom. The molecule has 0 heterocycles. The van der Waals surface area contributed by atoms with Crippen LogP contribution in [0.3, 0.4) is 0 Å². The van der Waals surface area contributed by atoms with Gasteiger partial charge in [0.05, 0.1) is 6.54 Å². The van der Waals surface area contributed by atoms with Crippen LogP contribution in [0.25, 0.3) is 0 Å². The molecule has 0 aromatic heterocycles. The van der Waals surface area contributed by atoms with Gasteiger partial charge in [0, 0.05) is 0 Å². The van der Waals surface area contributed by atoms with Crippen LogP contribution in [-0.4, -0.2) is 62.4 Å². The van der Waals surface area contributed by atoms with Gasteiger partial charge < -0.3 is 15.3 Å². The monoisotopic (exact) mass is 470 g/mol. The lowest BCUT2D eigenvalue weighted by atomic mass is 10.00. The minimum atomic E-state index is -1.17. The van der Waals surface area contributed by atoms with E-state index >= 15 is 0 Å². The smallest absolute Gasteiger partial charge is 0.362 e. The Kier molecular flexibility index (Phi) is 16.6. The van der Waals surface area contributed by atoms with E-state index in [1.165, 1.54) is 72.1 Å². The summed E-state index contributed by atoms with van der Waals surface area (Å²) in [6.45, 7) is 6.69. The fraction of sp³-hybridized carbons (Fsp3) is 0.808. The van der Waals surface area contributed by atoms with Crippen molar-refractivity contribution in [1.82, 2.24) is 0 Å². The van der Waals surface area contributed by atoms with E-state index in [2.05, 4.69) is 19.1 Å². The molecule has 3 N–H and O–H groups in total. The van der Waals surface area contributed by atoms with E-state index in [0.29, 0.717) is 6.42 Å². The Hall–Kier alpha value is -1.89. The summed E-state index contributed by atoms with van der Waals surface area (Å²) in [5.74, 6) is -3.52. The maximum Gasteiger partial charge on any atom is 0.362 e. The Morgan fingerprint density at radius 2 is 0.939 bits per heavy atom. The molecule has 0 aliphatic rings. The fourth-order valence-electron chi connectivity index (χ4n) is 4.65. The van der Waals surface area contributed by atoms with Crippen LogP contribution in [0.2, 0.25) is 0 Å². The van der Waals surface area contributed by atoms with Crippen molar-refractivity contribution >= 4 is 17.9 Å². The van der Waals surface area contributed by atoms with Gasteiger partial charge in [-0.05, 0) is 52.9 Å². The minimum Gasteiger partial charge on any atom is -0.477 e. The molecule has 0 saturated heterocycles. The van der Waals surface area contributed by atoms with E-state index in [1.807, 2.05) is 0 Å². The Balaban J connectivity index is 4.42. The summed E-state index contributed by atoms with van der Waals surface area (Å²) in [5, 5.41) is 28.8. The second kappa shape index (κ2) is 17.6. The van der Waals surface area contributed by atoms with Crippen molar-refractivity contribution < 1.29 is 34.2 Å². The number of carboxylic acid groups (broad SMARTS) is 3. The minimum absolute atomic E-state index is 0.222. The van der Waals surface area contributed by atoms with Crippen molar-refractivity contribution in [2.75, 3.05) is 6.54 Å². The summed E-state index contributed by atoms with van der Waals surface area (Å²) < 4.78 is -0.479. The van der Waals surface area contributed by atoms with E-state index in [1.54, 1.807) is 0 Å². The molecule has 0 aromatic rings. The summed E-state index contributed by atoms with van der Waals surface area (Å²) in [7, 11) is 0. The molecule has 3 atom stereocenters. The van der Waals surface area contributed by atoms with Gasteiger partial charge in [-0.1, -0.05) is 70.4 Å². The van der Waals surface area contributed by atoms with Gasteiger partial charge in [-0.2, -0.15) is 0 Å². The second-order valence-corrected chi connectivity index (χ2v) is 9.35. The molecule has 0 saturated carbocycles. The van der Waals surface area contributed by atoms with Gasteiger partial charge in [-0.25, -0.2) is 14.4 Å². The lowest BCUT2D eigenvalue weighted by Gasteiger charge is -2.47. The van der Waals surface area contributed by atoms with Gasteiger partial charge >= 0.3 is 17.9 Å². The number of hydrogen-bond acceptors (Lipinski definition) is 3. The van der Waals surface area contributed by atoms with Crippen molar-refractivity contribution in [1.29, 1.82) is 0 Å². The zero-order chi connectivity index (χ0) is 25.3. The molecule has 7 heteroatoms. The first-order valence-electron chi connectivity index (χ1n) is 12.8. The van der Waals surface area contributed by atoms with Crippen LogP contribution in [0.5, 0.6) is 0 Å². The van der Waals surface area contributed by atoms with E-state index < -0.39 is 40.5 Å². The number of quaternary nitrogens is 1. The van der Waals surface area contributed by atoms with Crippen LogP contribution in [0.1, 0.15) is 111 Å². The van der Waals surface area contributed by atoms with Crippen LogP contribution < -0.4 is 0 Å². The average Bonchev–Trinajstić information content (AvgIpc) is 2.77. The molecule has 0 spiro atoms. The molecular formula is C26H48NO6+. The van der Waals surface area contributed by atoms with Crippen molar-refractivity contribution in [2.24, 2.45) is 0 Å². The predicted molar refractivity (Wildman–Crippen MR) is 131 cm³/mol. The second-order valence-electron chi connectivity index (χ2n) is 9.35. The first-order chi connectivity index (χ1) is 15.6. The summed E-state index contributed by atoms with van der Waals surface area (Å²) >= 11 is 0. The van der Waals surface area contributed by atoms with Crippen molar-refractivity contribution in [3.8, 4) is 0 Å². The largest absolute Gasteiger partial charge is 0.477 e. The highest BCUT2D eigenvalue weighted by molar-refractivity contribution is 5.77. The summed E-state index contributed by atoms with van der Waals surface area (Å²) in [5.41, 5.74) is 0. The van der Waals surface area contributed by atoms with Crippen LogP contribution in [0.4, 0.5) is 0 Å². The zero-order valence-corrected chi connectivity index (χ0v) is 21.3. The number of hydrogen-bond donors (Lipinski definition) is 3. The fourth-order valence-corrected chi connectivity index (χ4v) is 4.65. The Labute approximate surface area is 200 Å². The van der Waals surface area contributed by atoms with Crippen LogP contribution >= 0.6 is 0 Å². The maximum atomic E-state index is 11.8. The molecule has 0 rings (SSSR count). The van der Waals surface area contributed by atoms with Crippen molar-refractivity contribution in [2.45, 2.75) is 129 Å². The quantitative estimate of drug-likeness (QED) is 0.110. The standard InChI is InChI=1S/C26H47NO6/c1-5-6-7-8-9-10-11-12-13-14-15-16-17-18-19-20-27(21(2)24(28)29,22(3)25(30)31)23(4)26(32)33/h8-9,21-23H,5-7,10-20H2,1-4H3,(H2-,28,29,30,31,32,33)/p+1/b9-8+. The first-order valence-corrected chi connectivity index (χ1v) is 12.8. The highest BCUT2D eigenvalue weighted by Gasteiger charge is 2.52. The summed E-state index contributed by atoms with van der Waals surface area (Å²) in [6.07, 6.45) is 19.1. The molecule has 3 unspecified atom stereocenters. The molecule has 0 fully saturated rings. The zero-order valence-electron chi connectivity index (χ0n) is 21.3. The number of aliphatic carboxylic acids is 3. The summed E-state index contributed by atoms with van der Waals surface area (Å²) in [6, 6.07) is -3.36. The molecule has 0 aromatic carbocycles. The number of unbranched alkanes of at least 4 members (excludes halogenated alkanes) is 11. The van der Waals surface area contributed by atoms with Gasteiger partial charge in [0.25, 0.3) is 0 Å². The average molecular weight is 471 g/mol. The topological polar surface area (TPSA) is 112 Å². The predicted octanol–water partition coefficient (Wildman–Crippen LogP) is 5.87. The van der Waals surface area contributed by atoms with Crippen molar-refractivity contribution in [3.05, 3.63) is 12.2 Å². The third-order valence-corrected chi connectivity index (χ3v) is 7.04. The lowest BCUT2D eigenvalue weighted by Crippen LogP contribution is -2.70. The Bertz CT molecular complexity index is 553. The van der Waals surface area contributed by atoms with Gasteiger partial charge in [0.2, 0.25) is 0 Å². The van der Waals surface area contributed by atoms with Crippen LogP contribution in [0.15, 0.2) is 12.2 Å². The normalized spacial score (nSPS) is 16.2. The Morgan fingerprint density at radius 3 is 1.30 bits per heavy atom. The van der Waals surface area contributed by atoms with Gasteiger partial charge in [0.15, 0.2) is 18.1 Å². The number of carboxylic acids is 3. The number of allylic oxidation sites excluding steroid dienone is 2. The molecule has 0 radical (unpaired) electrons. The number of rotatable bonds is 21. The molecule has 0 amide bonds. The first kappa shape index (κ1) is 31.1.